The molecule has 0 aliphatic heterocycles. The summed E-state index contributed by atoms with van der Waals surface area (Å²) >= 11 is 17.5. The van der Waals surface area contributed by atoms with Gasteiger partial charge >= 0.3 is 0 Å². The second-order valence-electron chi connectivity index (χ2n) is 6.99. The first-order valence-corrected chi connectivity index (χ1v) is 9.53. The first-order valence-electron chi connectivity index (χ1n) is 8.37. The predicted octanol–water partition coefficient (Wildman–Crippen LogP) is 4.97. The number of carbonyl (C=O) groups is 1. The lowest BCUT2D eigenvalue weighted by Gasteiger charge is -2.21. The largest absolute Gasteiger partial charge is 0.758 e. The van der Waals surface area contributed by atoms with E-state index >= 15 is 0 Å². The van der Waals surface area contributed by atoms with E-state index in [9.17, 15) is 4.79 Å². The molecule has 0 fully saturated rings. The van der Waals surface area contributed by atoms with Crippen LogP contribution < -0.4 is 4.57 Å². The lowest BCUT2D eigenvalue weighted by molar-refractivity contribution is -0.692. The van der Waals surface area contributed by atoms with E-state index in [0.717, 1.165) is 0 Å². The number of halogens is 2. The van der Waals surface area contributed by atoms with Crippen LogP contribution in [0.1, 0.15) is 49.7 Å². The Labute approximate surface area is 170 Å². The van der Waals surface area contributed by atoms with Crippen LogP contribution in [-0.4, -0.2) is 17.4 Å². The Balaban J connectivity index is 2.48. The number of carbonyl (C=O) groups excluding carboxylic acids is 1. The van der Waals surface area contributed by atoms with Crippen LogP contribution in [0.5, 0.6) is 0 Å². The molecule has 1 unspecified atom stereocenters. The summed E-state index contributed by atoms with van der Waals surface area (Å²) < 4.78 is 1.79. The summed E-state index contributed by atoms with van der Waals surface area (Å²) in [5.41, 5.74) is 1.65. The van der Waals surface area contributed by atoms with Gasteiger partial charge in [-0.3, -0.25) is 4.79 Å². The van der Waals surface area contributed by atoms with Crippen LogP contribution in [0.3, 0.4) is 0 Å². The zero-order chi connectivity index (χ0) is 19.5. The third kappa shape index (κ3) is 4.81. The van der Waals surface area contributed by atoms with Crippen LogP contribution >= 0.6 is 23.2 Å². The second-order valence-corrected chi connectivity index (χ2v) is 8.22. The lowest BCUT2D eigenvalue weighted by atomic mass is 9.88. The topological polar surface area (TPSA) is 33.3 Å². The van der Waals surface area contributed by atoms with Gasteiger partial charge in [-0.15, -0.1) is 0 Å². The van der Waals surface area contributed by atoms with Crippen molar-refractivity contribution < 1.29 is 9.36 Å². The number of benzene rings is 1. The second kappa shape index (κ2) is 8.47. The highest BCUT2D eigenvalue weighted by Gasteiger charge is 2.29. The van der Waals surface area contributed by atoms with Crippen molar-refractivity contribution >= 4 is 46.7 Å². The number of pyridine rings is 1. The van der Waals surface area contributed by atoms with Gasteiger partial charge in [0.25, 0.3) is 0 Å². The highest BCUT2D eigenvalue weighted by molar-refractivity contribution is 7.77. The van der Waals surface area contributed by atoms with Crippen LogP contribution in [0.4, 0.5) is 0 Å². The van der Waals surface area contributed by atoms with Crippen molar-refractivity contribution in [2.24, 2.45) is 4.99 Å². The Hall–Kier alpha value is -1.49. The van der Waals surface area contributed by atoms with Crippen LogP contribution in [0.15, 0.2) is 47.7 Å². The third-order valence-electron chi connectivity index (χ3n) is 4.02. The number of aromatic nitrogens is 1. The van der Waals surface area contributed by atoms with Crippen LogP contribution in [0.2, 0.25) is 10.0 Å². The minimum atomic E-state index is -0.698. The van der Waals surface area contributed by atoms with E-state index in [-0.39, 0.29) is 11.2 Å². The molecule has 1 aromatic carbocycles. The fourth-order valence-electron chi connectivity index (χ4n) is 2.53. The summed E-state index contributed by atoms with van der Waals surface area (Å²) in [5.74, 6) is -0.167. The van der Waals surface area contributed by atoms with Crippen LogP contribution in [-0.2, 0) is 18.0 Å². The maximum atomic E-state index is 13.1. The van der Waals surface area contributed by atoms with Gasteiger partial charge in [0, 0.05) is 24.2 Å². The standard InChI is InChI=1S/C20H22Cl2N2OS/c1-5-23-19(26)17(18(25)13-6-7-15(21)16(22)12-13)24-10-8-14(9-11-24)20(2,3)4/h6-12,17H,5H2,1-4H3. The molecule has 1 aromatic heterocycles. The molecule has 0 saturated heterocycles. The number of Topliss-reactive ketones (excluding diaryl/α,β-unsaturated/α-hetero) is 1. The summed E-state index contributed by atoms with van der Waals surface area (Å²) in [5, 5.41) is 1.09. The predicted molar refractivity (Wildman–Crippen MR) is 111 cm³/mol. The monoisotopic (exact) mass is 408 g/mol. The average Bonchev–Trinajstić information content (AvgIpc) is 2.57. The molecule has 0 N–H and O–H groups in total. The van der Waals surface area contributed by atoms with E-state index in [1.54, 1.807) is 22.8 Å². The van der Waals surface area contributed by atoms with Crippen molar-refractivity contribution in [3.05, 3.63) is 63.9 Å². The number of ketones is 1. The van der Waals surface area contributed by atoms with Gasteiger partial charge in [0.05, 0.1) is 10.0 Å². The summed E-state index contributed by atoms with van der Waals surface area (Å²) in [6.45, 7) is 8.83. The van der Waals surface area contributed by atoms with E-state index < -0.39 is 6.04 Å². The molecule has 2 aromatic rings. The molecule has 0 saturated carbocycles. The van der Waals surface area contributed by atoms with Crippen LogP contribution in [0.25, 0.3) is 0 Å². The number of hydrogen-bond donors (Lipinski definition) is 0. The number of hydrogen-bond acceptors (Lipinski definition) is 3. The van der Waals surface area contributed by atoms with Crippen molar-refractivity contribution in [1.82, 2.24) is 0 Å². The first-order chi connectivity index (χ1) is 12.1. The molecular weight excluding hydrogens is 387 g/mol. The summed E-state index contributed by atoms with van der Waals surface area (Å²) in [6, 6.07) is 8.14. The van der Waals surface area contributed by atoms with Gasteiger partial charge in [0.15, 0.2) is 12.4 Å². The lowest BCUT2D eigenvalue weighted by Crippen LogP contribution is -2.48. The van der Waals surface area contributed by atoms with E-state index in [1.165, 1.54) is 5.56 Å². The molecule has 2 rings (SSSR count). The van der Waals surface area contributed by atoms with E-state index in [4.69, 9.17) is 35.8 Å². The Kier molecular flexibility index (Phi) is 6.78. The van der Waals surface area contributed by atoms with Crippen LogP contribution in [0, 0.1) is 0 Å². The molecule has 3 nitrogen and oxygen atoms in total. The maximum absolute atomic E-state index is 13.1. The van der Waals surface area contributed by atoms with Crippen molar-refractivity contribution in [3.8, 4) is 0 Å². The smallest absolute Gasteiger partial charge is 0.237 e. The molecule has 0 spiro atoms. The Morgan fingerprint density at radius 3 is 2.27 bits per heavy atom. The summed E-state index contributed by atoms with van der Waals surface area (Å²) in [7, 11) is 0. The van der Waals surface area contributed by atoms with Gasteiger partial charge in [-0.1, -0.05) is 44.0 Å². The number of aliphatic imine (C=N–C) groups is 1. The maximum Gasteiger partial charge on any atom is 0.237 e. The Morgan fingerprint density at radius 2 is 1.77 bits per heavy atom. The van der Waals surface area contributed by atoms with Gasteiger partial charge in [-0.25, -0.2) is 0 Å². The molecular formula is C20H22Cl2N2OS. The number of nitrogens with zero attached hydrogens (tertiary/aromatic N) is 2. The molecule has 0 bridgehead atoms. The molecule has 1 atom stereocenters. The Morgan fingerprint density at radius 1 is 1.15 bits per heavy atom. The van der Waals surface area contributed by atoms with Gasteiger partial charge in [0.1, 0.15) is 0 Å². The SMILES string of the molecule is CCN=C([S-])C(C(=O)c1ccc(Cl)c(Cl)c1)[n+]1ccc(C(C)(C)C)cc1. The average molecular weight is 409 g/mol. The van der Waals surface area contributed by atoms with Crippen molar-refractivity contribution in [1.29, 1.82) is 0 Å². The van der Waals surface area contributed by atoms with Crippen molar-refractivity contribution in [2.75, 3.05) is 6.54 Å². The molecule has 0 amide bonds. The van der Waals surface area contributed by atoms with Gasteiger partial charge in [0.2, 0.25) is 11.8 Å². The molecule has 0 aliphatic carbocycles. The number of rotatable bonds is 5. The van der Waals surface area contributed by atoms with Gasteiger partial charge < -0.3 is 17.6 Å². The Bertz CT molecular complexity index is 827. The quantitative estimate of drug-likeness (QED) is 0.230. The molecule has 1 heterocycles. The highest BCUT2D eigenvalue weighted by atomic mass is 35.5. The molecule has 0 aliphatic rings. The molecule has 138 valence electrons. The van der Waals surface area contributed by atoms with E-state index in [1.807, 2.05) is 31.5 Å². The van der Waals surface area contributed by atoms with E-state index in [0.29, 0.717) is 27.2 Å². The van der Waals surface area contributed by atoms with Gasteiger partial charge in [-0.2, -0.15) is 4.57 Å². The fraction of sp³-hybridized carbons (Fsp3) is 0.350. The zero-order valence-electron chi connectivity index (χ0n) is 15.3. The molecule has 6 heteroatoms. The van der Waals surface area contributed by atoms with Crippen molar-refractivity contribution in [3.63, 3.8) is 0 Å². The van der Waals surface area contributed by atoms with E-state index in [2.05, 4.69) is 25.8 Å². The normalized spacial score (nSPS) is 13.5. The highest BCUT2D eigenvalue weighted by Crippen LogP contribution is 2.25. The van der Waals surface area contributed by atoms with Crippen molar-refractivity contribution in [2.45, 2.75) is 39.2 Å². The minimum Gasteiger partial charge on any atom is -0.758 e. The third-order valence-corrected chi connectivity index (χ3v) is 5.11. The zero-order valence-corrected chi connectivity index (χ0v) is 17.6. The fourth-order valence-corrected chi connectivity index (χ4v) is 3.19. The molecule has 26 heavy (non-hydrogen) atoms. The summed E-state index contributed by atoms with van der Waals surface area (Å²) in [6.07, 6.45) is 3.75. The van der Waals surface area contributed by atoms with Gasteiger partial charge in [-0.05, 0) is 41.1 Å². The first kappa shape index (κ1) is 20.8. The molecule has 0 radical (unpaired) electrons. The summed E-state index contributed by atoms with van der Waals surface area (Å²) in [4.78, 5) is 17.4. The minimum absolute atomic E-state index is 0.0244.